The summed E-state index contributed by atoms with van der Waals surface area (Å²) in [5.41, 5.74) is 0. The summed E-state index contributed by atoms with van der Waals surface area (Å²) in [6, 6.07) is 0.517. The zero-order valence-electron chi connectivity index (χ0n) is 8.86. The largest absolute Gasteiger partial charge is 0.313 e. The van der Waals surface area contributed by atoms with Crippen LogP contribution in [-0.2, 0) is 0 Å². The predicted octanol–water partition coefficient (Wildman–Crippen LogP) is 2.41. The van der Waals surface area contributed by atoms with E-state index in [1.165, 1.54) is 18.0 Å². The van der Waals surface area contributed by atoms with Gasteiger partial charge in [0.05, 0.1) is 0 Å². The number of aromatic nitrogens is 2. The molecule has 0 spiro atoms. The van der Waals surface area contributed by atoms with Crippen molar-refractivity contribution in [3.8, 4) is 0 Å². The number of thioether (sulfide) groups is 1. The zero-order valence-corrected chi connectivity index (χ0v) is 10.5. The van der Waals surface area contributed by atoms with E-state index in [4.69, 9.17) is 0 Å². The summed E-state index contributed by atoms with van der Waals surface area (Å²) in [7, 11) is 0. The average molecular weight is 231 g/mol. The molecule has 0 amide bonds. The molecule has 0 aliphatic carbocycles. The van der Waals surface area contributed by atoms with Gasteiger partial charge in [0.25, 0.3) is 0 Å². The van der Waals surface area contributed by atoms with Crippen LogP contribution in [0, 0.1) is 0 Å². The van der Waals surface area contributed by atoms with Crippen LogP contribution in [0.5, 0.6) is 0 Å². The van der Waals surface area contributed by atoms with E-state index in [-0.39, 0.29) is 0 Å². The normalized spacial score (nSPS) is 15.4. The van der Waals surface area contributed by atoms with Crippen LogP contribution in [0.15, 0.2) is 10.7 Å². The Morgan fingerprint density at radius 3 is 2.93 bits per heavy atom. The van der Waals surface area contributed by atoms with Crippen molar-refractivity contribution in [1.82, 2.24) is 14.7 Å². The molecule has 0 fully saturated rings. The van der Waals surface area contributed by atoms with Crippen molar-refractivity contribution in [1.29, 1.82) is 0 Å². The van der Waals surface area contributed by atoms with E-state index in [9.17, 15) is 0 Å². The van der Waals surface area contributed by atoms with Crippen LogP contribution >= 0.6 is 23.3 Å². The molecule has 14 heavy (non-hydrogen) atoms. The molecule has 0 radical (unpaired) electrons. The van der Waals surface area contributed by atoms with Crippen LogP contribution in [0.2, 0.25) is 0 Å². The lowest BCUT2D eigenvalue weighted by atomic mass is 10.2. The maximum absolute atomic E-state index is 4.16. The summed E-state index contributed by atoms with van der Waals surface area (Å²) in [5.74, 6) is 0. The molecule has 1 rings (SSSR count). The number of hydrogen-bond acceptors (Lipinski definition) is 5. The van der Waals surface area contributed by atoms with Crippen molar-refractivity contribution in [2.75, 3.05) is 6.54 Å². The molecule has 0 bridgehead atoms. The SMILES string of the molecule is CCCNC(C)C(C)Sc1ncns1. The summed E-state index contributed by atoms with van der Waals surface area (Å²) >= 11 is 3.26. The van der Waals surface area contributed by atoms with Gasteiger partial charge in [-0.2, -0.15) is 4.37 Å². The third kappa shape index (κ3) is 3.94. The first kappa shape index (κ1) is 11.9. The fraction of sp³-hybridized carbons (Fsp3) is 0.778. The van der Waals surface area contributed by atoms with Gasteiger partial charge in [-0.15, -0.1) is 0 Å². The Hall–Kier alpha value is -0.130. The van der Waals surface area contributed by atoms with Gasteiger partial charge in [0.1, 0.15) is 6.33 Å². The molecule has 1 aromatic rings. The Kier molecular flexibility index (Phi) is 5.44. The molecule has 1 aromatic heterocycles. The highest BCUT2D eigenvalue weighted by Crippen LogP contribution is 2.25. The fourth-order valence-electron chi connectivity index (χ4n) is 1.01. The highest BCUT2D eigenvalue weighted by atomic mass is 32.2. The van der Waals surface area contributed by atoms with E-state index in [0.29, 0.717) is 11.3 Å². The zero-order chi connectivity index (χ0) is 10.4. The Morgan fingerprint density at radius 2 is 2.36 bits per heavy atom. The lowest BCUT2D eigenvalue weighted by Gasteiger charge is -2.19. The Balaban J connectivity index is 2.30. The van der Waals surface area contributed by atoms with E-state index < -0.39 is 0 Å². The highest BCUT2D eigenvalue weighted by Gasteiger charge is 2.13. The second-order valence-corrected chi connectivity index (χ2v) is 5.68. The Labute approximate surface area is 93.9 Å². The lowest BCUT2D eigenvalue weighted by Crippen LogP contribution is -2.34. The van der Waals surface area contributed by atoms with Crippen molar-refractivity contribution in [2.24, 2.45) is 0 Å². The summed E-state index contributed by atoms with van der Waals surface area (Å²) in [5, 5.41) is 4.02. The maximum Gasteiger partial charge on any atom is 0.170 e. The maximum atomic E-state index is 4.16. The van der Waals surface area contributed by atoms with Crippen LogP contribution in [-0.4, -0.2) is 27.2 Å². The van der Waals surface area contributed by atoms with Crippen LogP contribution in [0.25, 0.3) is 0 Å². The Bertz CT molecular complexity index is 238. The molecule has 0 aromatic carbocycles. The molecular formula is C9H17N3S2. The number of rotatable bonds is 6. The van der Waals surface area contributed by atoms with Gasteiger partial charge in [-0.25, -0.2) is 4.98 Å². The molecule has 0 saturated heterocycles. The predicted molar refractivity (Wildman–Crippen MR) is 63.0 cm³/mol. The minimum atomic E-state index is 0.517. The third-order valence-electron chi connectivity index (χ3n) is 2.05. The van der Waals surface area contributed by atoms with E-state index in [1.807, 2.05) is 0 Å². The molecule has 2 unspecified atom stereocenters. The number of hydrogen-bond donors (Lipinski definition) is 1. The quantitative estimate of drug-likeness (QED) is 0.763. The topological polar surface area (TPSA) is 37.8 Å². The summed E-state index contributed by atoms with van der Waals surface area (Å²) < 4.78 is 5.04. The molecule has 80 valence electrons. The van der Waals surface area contributed by atoms with E-state index in [0.717, 1.165) is 10.9 Å². The average Bonchev–Trinajstić information content (AvgIpc) is 2.66. The van der Waals surface area contributed by atoms with Gasteiger partial charge in [-0.1, -0.05) is 25.6 Å². The van der Waals surface area contributed by atoms with Gasteiger partial charge >= 0.3 is 0 Å². The van der Waals surface area contributed by atoms with Gasteiger partial charge in [0.2, 0.25) is 0 Å². The van der Waals surface area contributed by atoms with Crippen LogP contribution < -0.4 is 5.32 Å². The first-order valence-electron chi connectivity index (χ1n) is 4.90. The third-order valence-corrected chi connectivity index (χ3v) is 4.11. The highest BCUT2D eigenvalue weighted by molar-refractivity contribution is 8.01. The monoisotopic (exact) mass is 231 g/mol. The van der Waals surface area contributed by atoms with Gasteiger partial charge in [-0.3, -0.25) is 0 Å². The van der Waals surface area contributed by atoms with Crippen LogP contribution in [0.1, 0.15) is 27.2 Å². The first-order chi connectivity index (χ1) is 6.74. The van der Waals surface area contributed by atoms with Crippen molar-refractivity contribution in [3.05, 3.63) is 6.33 Å². The second kappa shape index (κ2) is 6.37. The van der Waals surface area contributed by atoms with Crippen molar-refractivity contribution in [3.63, 3.8) is 0 Å². The molecule has 5 heteroatoms. The van der Waals surface area contributed by atoms with Gasteiger partial charge in [0, 0.05) is 11.3 Å². The summed E-state index contributed by atoms with van der Waals surface area (Å²) in [6.45, 7) is 7.71. The summed E-state index contributed by atoms with van der Waals surface area (Å²) in [6.07, 6.45) is 2.80. The molecule has 1 heterocycles. The standard InChI is InChI=1S/C9H17N3S2/c1-4-5-10-7(2)8(3)13-9-11-6-12-14-9/h6-8,10H,4-5H2,1-3H3. The van der Waals surface area contributed by atoms with E-state index in [2.05, 4.69) is 35.4 Å². The van der Waals surface area contributed by atoms with Gasteiger partial charge in [-0.05, 0) is 31.4 Å². The minimum Gasteiger partial charge on any atom is -0.313 e. The lowest BCUT2D eigenvalue weighted by molar-refractivity contribution is 0.542. The fourth-order valence-corrected chi connectivity index (χ4v) is 2.78. The second-order valence-electron chi connectivity index (χ2n) is 3.27. The van der Waals surface area contributed by atoms with Crippen molar-refractivity contribution < 1.29 is 0 Å². The van der Waals surface area contributed by atoms with E-state index >= 15 is 0 Å². The number of nitrogens with one attached hydrogen (secondary N) is 1. The molecule has 0 aliphatic rings. The molecule has 0 saturated carbocycles. The molecule has 1 N–H and O–H groups in total. The Morgan fingerprint density at radius 1 is 1.57 bits per heavy atom. The van der Waals surface area contributed by atoms with Crippen LogP contribution in [0.4, 0.5) is 0 Å². The number of nitrogens with zero attached hydrogens (tertiary/aromatic N) is 2. The van der Waals surface area contributed by atoms with Gasteiger partial charge in [0.15, 0.2) is 4.34 Å². The van der Waals surface area contributed by atoms with Crippen LogP contribution in [0.3, 0.4) is 0 Å². The molecule has 0 aliphatic heterocycles. The summed E-state index contributed by atoms with van der Waals surface area (Å²) in [4.78, 5) is 4.16. The minimum absolute atomic E-state index is 0.517. The van der Waals surface area contributed by atoms with Crippen molar-refractivity contribution in [2.45, 2.75) is 42.8 Å². The smallest absolute Gasteiger partial charge is 0.170 e. The first-order valence-corrected chi connectivity index (χ1v) is 6.56. The molecular weight excluding hydrogens is 214 g/mol. The molecule has 3 nitrogen and oxygen atoms in total. The van der Waals surface area contributed by atoms with E-state index in [1.54, 1.807) is 18.1 Å². The van der Waals surface area contributed by atoms with Crippen molar-refractivity contribution >= 4 is 23.3 Å². The van der Waals surface area contributed by atoms with Gasteiger partial charge < -0.3 is 5.32 Å². The molecule has 2 atom stereocenters.